The summed E-state index contributed by atoms with van der Waals surface area (Å²) in [6, 6.07) is 5.01. The van der Waals surface area contributed by atoms with E-state index in [1.807, 2.05) is 0 Å². The molecule has 1 aromatic rings. The molecule has 0 amide bonds. The minimum atomic E-state index is -1.05. The van der Waals surface area contributed by atoms with Crippen molar-refractivity contribution >= 4 is 5.84 Å². The van der Waals surface area contributed by atoms with Gasteiger partial charge in [0.25, 0.3) is 0 Å². The third-order valence-corrected chi connectivity index (χ3v) is 1.28. The van der Waals surface area contributed by atoms with Crippen molar-refractivity contribution in [1.82, 2.24) is 9.78 Å². The van der Waals surface area contributed by atoms with Crippen molar-refractivity contribution in [3.05, 3.63) is 18.5 Å². The first-order valence-corrected chi connectivity index (χ1v) is 3.17. The molecule has 5 heteroatoms. The van der Waals surface area contributed by atoms with Crippen molar-refractivity contribution in [3.8, 4) is 12.1 Å². The summed E-state index contributed by atoms with van der Waals surface area (Å²) in [6.07, 6.45) is 3.00. The maximum Gasteiger partial charge on any atom is 0.191 e. The van der Waals surface area contributed by atoms with Crippen LogP contribution in [0.4, 0.5) is 0 Å². The van der Waals surface area contributed by atoms with E-state index in [0.717, 1.165) is 0 Å². The Morgan fingerprint density at radius 3 is 2.58 bits per heavy atom. The number of aromatic nitrogens is 2. The van der Waals surface area contributed by atoms with Gasteiger partial charge in [-0.15, -0.1) is 0 Å². The maximum atomic E-state index is 8.44. The molecule has 0 aliphatic rings. The van der Waals surface area contributed by atoms with E-state index in [9.17, 15) is 0 Å². The van der Waals surface area contributed by atoms with Crippen LogP contribution in [0.1, 0.15) is 0 Å². The van der Waals surface area contributed by atoms with Crippen LogP contribution in [0.2, 0.25) is 0 Å². The SMILES string of the molecule is N#CC(C#N)C(=N)n1cccn1. The van der Waals surface area contributed by atoms with Crippen LogP contribution >= 0.6 is 0 Å². The van der Waals surface area contributed by atoms with Gasteiger partial charge in [-0.25, -0.2) is 4.68 Å². The Morgan fingerprint density at radius 1 is 1.50 bits per heavy atom. The van der Waals surface area contributed by atoms with Gasteiger partial charge in [-0.3, -0.25) is 5.41 Å². The highest BCUT2D eigenvalue weighted by Gasteiger charge is 2.14. The Hall–Kier alpha value is -2.14. The fourth-order valence-corrected chi connectivity index (χ4v) is 0.695. The molecule has 0 atom stereocenters. The zero-order chi connectivity index (χ0) is 8.97. The third kappa shape index (κ3) is 1.30. The highest BCUT2D eigenvalue weighted by molar-refractivity contribution is 5.87. The Balaban J connectivity index is 2.88. The molecular weight excluding hydrogens is 154 g/mol. The van der Waals surface area contributed by atoms with E-state index in [-0.39, 0.29) is 5.84 Å². The van der Waals surface area contributed by atoms with Gasteiger partial charge in [0.2, 0.25) is 0 Å². The van der Waals surface area contributed by atoms with Crippen molar-refractivity contribution in [3.63, 3.8) is 0 Å². The lowest BCUT2D eigenvalue weighted by Gasteiger charge is -2.01. The summed E-state index contributed by atoms with van der Waals surface area (Å²) in [5.74, 6) is -1.17. The topological polar surface area (TPSA) is 89.3 Å². The van der Waals surface area contributed by atoms with Crippen LogP contribution in [0, 0.1) is 34.0 Å². The number of nitriles is 2. The first-order valence-electron chi connectivity index (χ1n) is 3.17. The summed E-state index contributed by atoms with van der Waals surface area (Å²) in [7, 11) is 0. The van der Waals surface area contributed by atoms with Gasteiger partial charge in [0.1, 0.15) is 0 Å². The molecule has 1 rings (SSSR count). The predicted molar refractivity (Wildman–Crippen MR) is 40.1 cm³/mol. The molecule has 0 saturated heterocycles. The predicted octanol–water partition coefficient (Wildman–Crippen LogP) is 0.372. The monoisotopic (exact) mass is 159 g/mol. The highest BCUT2D eigenvalue weighted by Crippen LogP contribution is 1.97. The molecule has 0 aliphatic heterocycles. The molecule has 12 heavy (non-hydrogen) atoms. The molecule has 5 nitrogen and oxygen atoms in total. The molecular formula is C7H5N5. The zero-order valence-electron chi connectivity index (χ0n) is 6.10. The first kappa shape index (κ1) is 7.96. The second-order valence-electron chi connectivity index (χ2n) is 2.03. The van der Waals surface area contributed by atoms with Gasteiger partial charge < -0.3 is 0 Å². The van der Waals surface area contributed by atoms with E-state index < -0.39 is 5.92 Å². The minimum absolute atomic E-state index is 0.120. The molecule has 0 bridgehead atoms. The molecule has 1 heterocycles. The summed E-state index contributed by atoms with van der Waals surface area (Å²) in [4.78, 5) is 0. The Morgan fingerprint density at radius 2 is 2.17 bits per heavy atom. The Labute approximate surface area is 69.0 Å². The van der Waals surface area contributed by atoms with Gasteiger partial charge in [-0.05, 0) is 6.07 Å². The first-order chi connectivity index (χ1) is 5.79. The van der Waals surface area contributed by atoms with Crippen molar-refractivity contribution in [2.24, 2.45) is 5.92 Å². The average Bonchev–Trinajstić information content (AvgIpc) is 2.58. The quantitative estimate of drug-likeness (QED) is 0.474. The van der Waals surface area contributed by atoms with E-state index in [1.165, 1.54) is 17.1 Å². The van der Waals surface area contributed by atoms with E-state index in [2.05, 4.69) is 5.10 Å². The van der Waals surface area contributed by atoms with Gasteiger partial charge in [-0.2, -0.15) is 15.6 Å². The molecule has 0 aliphatic carbocycles. The fraction of sp³-hybridized carbons (Fsp3) is 0.143. The van der Waals surface area contributed by atoms with Crippen LogP contribution in [0.5, 0.6) is 0 Å². The summed E-state index contributed by atoms with van der Waals surface area (Å²) in [5, 5.41) is 28.0. The molecule has 58 valence electrons. The normalized spacial score (nSPS) is 8.92. The van der Waals surface area contributed by atoms with Gasteiger partial charge in [0.05, 0.1) is 12.1 Å². The van der Waals surface area contributed by atoms with Gasteiger partial charge >= 0.3 is 0 Å². The number of nitrogens with one attached hydrogen (secondary N) is 1. The molecule has 0 unspecified atom stereocenters. The Kier molecular flexibility index (Phi) is 2.20. The van der Waals surface area contributed by atoms with Crippen molar-refractivity contribution in [2.75, 3.05) is 0 Å². The number of nitrogens with zero attached hydrogens (tertiary/aromatic N) is 4. The van der Waals surface area contributed by atoms with Crippen LogP contribution in [-0.2, 0) is 0 Å². The molecule has 0 aromatic carbocycles. The van der Waals surface area contributed by atoms with Crippen LogP contribution in [0.3, 0.4) is 0 Å². The van der Waals surface area contributed by atoms with Crippen LogP contribution in [0.25, 0.3) is 0 Å². The molecule has 0 radical (unpaired) electrons. The van der Waals surface area contributed by atoms with Crippen LogP contribution < -0.4 is 0 Å². The van der Waals surface area contributed by atoms with Gasteiger partial charge in [-0.1, -0.05) is 0 Å². The van der Waals surface area contributed by atoms with Gasteiger partial charge in [0.15, 0.2) is 11.8 Å². The van der Waals surface area contributed by atoms with E-state index in [1.54, 1.807) is 18.2 Å². The lowest BCUT2D eigenvalue weighted by Crippen LogP contribution is -2.19. The van der Waals surface area contributed by atoms with E-state index in [4.69, 9.17) is 15.9 Å². The zero-order valence-corrected chi connectivity index (χ0v) is 6.10. The molecule has 0 fully saturated rings. The van der Waals surface area contributed by atoms with Gasteiger partial charge in [0, 0.05) is 12.4 Å². The summed E-state index contributed by atoms with van der Waals surface area (Å²) >= 11 is 0. The lowest BCUT2D eigenvalue weighted by atomic mass is 10.2. The molecule has 1 N–H and O–H groups in total. The average molecular weight is 159 g/mol. The summed E-state index contributed by atoms with van der Waals surface area (Å²) in [6.45, 7) is 0. The van der Waals surface area contributed by atoms with Crippen molar-refractivity contribution < 1.29 is 0 Å². The third-order valence-electron chi connectivity index (χ3n) is 1.28. The lowest BCUT2D eigenvalue weighted by molar-refractivity contribution is 0.873. The number of rotatable bonds is 1. The summed E-state index contributed by atoms with van der Waals surface area (Å²) < 4.78 is 1.19. The fourth-order valence-electron chi connectivity index (χ4n) is 0.695. The van der Waals surface area contributed by atoms with Crippen LogP contribution in [-0.4, -0.2) is 15.6 Å². The summed E-state index contributed by atoms with van der Waals surface area (Å²) in [5.41, 5.74) is 0. The largest absolute Gasteiger partial charge is 0.285 e. The van der Waals surface area contributed by atoms with E-state index >= 15 is 0 Å². The Bertz CT molecular complexity index is 336. The van der Waals surface area contributed by atoms with Crippen molar-refractivity contribution in [1.29, 1.82) is 15.9 Å². The maximum absolute atomic E-state index is 8.44. The number of hydrogen-bond acceptors (Lipinski definition) is 4. The molecule has 0 spiro atoms. The number of hydrogen-bond donors (Lipinski definition) is 1. The van der Waals surface area contributed by atoms with E-state index in [0.29, 0.717) is 0 Å². The smallest absolute Gasteiger partial charge is 0.191 e. The molecule has 0 saturated carbocycles. The second-order valence-corrected chi connectivity index (χ2v) is 2.03. The minimum Gasteiger partial charge on any atom is -0.285 e. The molecule has 1 aromatic heterocycles. The van der Waals surface area contributed by atoms with Crippen molar-refractivity contribution in [2.45, 2.75) is 0 Å². The van der Waals surface area contributed by atoms with Crippen LogP contribution in [0.15, 0.2) is 18.5 Å². The second kappa shape index (κ2) is 3.31. The standard InChI is InChI=1S/C7H5N5/c8-4-6(5-9)7(10)12-3-1-2-11-12/h1-3,6,10H. The highest BCUT2D eigenvalue weighted by atomic mass is 15.3.